The Kier molecular flexibility index (Phi) is 8.41. The van der Waals surface area contributed by atoms with Crippen molar-refractivity contribution in [1.29, 1.82) is 0 Å². The van der Waals surface area contributed by atoms with Crippen molar-refractivity contribution in [2.75, 3.05) is 6.61 Å². The molecule has 1 aromatic rings. The summed E-state index contributed by atoms with van der Waals surface area (Å²) in [5.41, 5.74) is -0.102. The minimum absolute atomic E-state index is 0.0602. The zero-order valence-corrected chi connectivity index (χ0v) is 19.5. The average molecular weight is 443 g/mol. The monoisotopic (exact) mass is 442 g/mol. The summed E-state index contributed by atoms with van der Waals surface area (Å²) in [7, 11) is -0.336. The van der Waals surface area contributed by atoms with Gasteiger partial charge in [0, 0.05) is 22.3 Å². The van der Waals surface area contributed by atoms with Crippen LogP contribution in [0.15, 0.2) is 24.3 Å². The van der Waals surface area contributed by atoms with Gasteiger partial charge in [-0.2, -0.15) is 0 Å². The minimum atomic E-state index is -0.383. The Hall–Kier alpha value is -0.595. The normalized spacial score (nSPS) is 18.7. The molecule has 1 aliphatic heterocycles. The molecule has 0 aliphatic carbocycles. The number of benzene rings is 1. The third kappa shape index (κ3) is 6.46. The Morgan fingerprint density at radius 2 is 1.79 bits per heavy atom. The van der Waals surface area contributed by atoms with Crippen LogP contribution < -0.4 is 0 Å². The van der Waals surface area contributed by atoms with Gasteiger partial charge in [0.05, 0.1) is 17.8 Å². The standard InChI is InChI=1S/C20H28BClO4S2/c1-6-24-18(27)28-16(13-21-25-19(2,3)20(4,5)26-21)11-12-17(23)14-7-9-15(22)10-8-14/h7-10,16H,6,11-13H2,1-5H3. The number of ketones is 1. The van der Waals surface area contributed by atoms with E-state index in [0.29, 0.717) is 40.7 Å². The van der Waals surface area contributed by atoms with Crippen LogP contribution in [-0.2, 0) is 14.0 Å². The lowest BCUT2D eigenvalue weighted by Crippen LogP contribution is -2.41. The Bertz CT molecular complexity index is 678. The highest BCUT2D eigenvalue weighted by Crippen LogP contribution is 2.39. The van der Waals surface area contributed by atoms with Gasteiger partial charge >= 0.3 is 7.12 Å². The van der Waals surface area contributed by atoms with E-state index in [1.165, 1.54) is 11.8 Å². The Morgan fingerprint density at radius 3 is 2.32 bits per heavy atom. The second-order valence-corrected chi connectivity index (χ2v) is 10.2. The molecule has 4 nitrogen and oxygen atoms in total. The molecule has 0 amide bonds. The number of carbonyl (C=O) groups excluding carboxylic acids is 1. The summed E-state index contributed by atoms with van der Waals surface area (Å²) in [5, 5.41) is 0.679. The molecule has 0 bridgehead atoms. The maximum absolute atomic E-state index is 12.5. The van der Waals surface area contributed by atoms with Crippen LogP contribution in [0.1, 0.15) is 57.8 Å². The highest BCUT2D eigenvalue weighted by atomic mass is 35.5. The molecule has 0 saturated carbocycles. The zero-order valence-electron chi connectivity index (χ0n) is 17.1. The summed E-state index contributed by atoms with van der Waals surface area (Å²) < 4.78 is 18.2. The van der Waals surface area contributed by atoms with Gasteiger partial charge in [0.2, 0.25) is 4.38 Å². The third-order valence-electron chi connectivity index (χ3n) is 5.14. The van der Waals surface area contributed by atoms with Crippen LogP contribution in [0.3, 0.4) is 0 Å². The number of Topliss-reactive ketones (excluding diaryl/α,β-unsaturated/α-hetero) is 1. The predicted molar refractivity (Wildman–Crippen MR) is 122 cm³/mol. The van der Waals surface area contributed by atoms with Crippen molar-refractivity contribution in [3.8, 4) is 0 Å². The van der Waals surface area contributed by atoms with Crippen molar-refractivity contribution < 1.29 is 18.8 Å². The van der Waals surface area contributed by atoms with Crippen LogP contribution in [0.5, 0.6) is 0 Å². The molecule has 1 unspecified atom stereocenters. The summed E-state index contributed by atoms with van der Waals surface area (Å²) >= 11 is 12.7. The largest absolute Gasteiger partial charge is 0.479 e. The zero-order chi connectivity index (χ0) is 20.9. The van der Waals surface area contributed by atoms with E-state index in [2.05, 4.69) is 0 Å². The minimum Gasteiger partial charge on any atom is -0.479 e. The second kappa shape index (κ2) is 9.94. The SMILES string of the molecule is CCOC(=S)SC(CCC(=O)c1ccc(Cl)cc1)CB1OC(C)(C)C(C)(C)O1. The number of thiocarbonyl (C=S) groups is 1. The molecular weight excluding hydrogens is 415 g/mol. The lowest BCUT2D eigenvalue weighted by molar-refractivity contribution is 0.00578. The Balaban J connectivity index is 2.00. The van der Waals surface area contributed by atoms with Crippen LogP contribution in [0.4, 0.5) is 0 Å². The van der Waals surface area contributed by atoms with Gasteiger partial charge in [0.1, 0.15) is 0 Å². The highest BCUT2D eigenvalue weighted by molar-refractivity contribution is 8.23. The Labute approximate surface area is 183 Å². The highest BCUT2D eigenvalue weighted by Gasteiger charge is 2.51. The van der Waals surface area contributed by atoms with E-state index in [1.54, 1.807) is 24.3 Å². The molecule has 2 rings (SSSR count). The molecule has 1 atom stereocenters. The van der Waals surface area contributed by atoms with Gasteiger partial charge in [-0.15, -0.1) is 0 Å². The van der Waals surface area contributed by atoms with Crippen molar-refractivity contribution in [2.24, 2.45) is 0 Å². The lowest BCUT2D eigenvalue weighted by Gasteiger charge is -2.32. The Morgan fingerprint density at radius 1 is 1.21 bits per heavy atom. The molecule has 28 heavy (non-hydrogen) atoms. The molecule has 1 heterocycles. The summed E-state index contributed by atoms with van der Waals surface area (Å²) in [6.45, 7) is 10.6. The summed E-state index contributed by atoms with van der Waals surface area (Å²) in [4.78, 5) is 12.5. The van der Waals surface area contributed by atoms with E-state index in [0.717, 1.165) is 0 Å². The van der Waals surface area contributed by atoms with Gasteiger partial charge in [0.25, 0.3) is 0 Å². The number of ether oxygens (including phenoxy) is 1. The summed E-state index contributed by atoms with van der Waals surface area (Å²) in [6.07, 6.45) is 1.70. The van der Waals surface area contributed by atoms with Gasteiger partial charge in [-0.3, -0.25) is 4.79 Å². The maximum atomic E-state index is 12.5. The van der Waals surface area contributed by atoms with Gasteiger partial charge in [-0.1, -0.05) is 23.4 Å². The van der Waals surface area contributed by atoms with Crippen LogP contribution in [0.2, 0.25) is 11.3 Å². The van der Waals surface area contributed by atoms with Crippen LogP contribution in [0, 0.1) is 0 Å². The fourth-order valence-electron chi connectivity index (χ4n) is 2.86. The fourth-order valence-corrected chi connectivity index (χ4v) is 4.46. The van der Waals surface area contributed by atoms with Crippen molar-refractivity contribution >= 4 is 52.9 Å². The number of hydrogen-bond acceptors (Lipinski definition) is 6. The van der Waals surface area contributed by atoms with Gasteiger partial charge in [-0.05, 0) is 83.8 Å². The number of rotatable bonds is 8. The molecule has 154 valence electrons. The smallest absolute Gasteiger partial charge is 0.458 e. The topological polar surface area (TPSA) is 44.8 Å². The van der Waals surface area contributed by atoms with Crippen molar-refractivity contribution in [3.63, 3.8) is 0 Å². The molecule has 0 aromatic heterocycles. The van der Waals surface area contributed by atoms with E-state index in [-0.39, 0.29) is 29.4 Å². The first-order chi connectivity index (χ1) is 13.0. The van der Waals surface area contributed by atoms with Crippen LogP contribution >= 0.6 is 35.6 Å². The molecule has 0 spiro atoms. The molecule has 1 aromatic carbocycles. The molecule has 0 N–H and O–H groups in total. The van der Waals surface area contributed by atoms with E-state index >= 15 is 0 Å². The third-order valence-corrected chi connectivity index (χ3v) is 6.87. The first-order valence-corrected chi connectivity index (χ1v) is 11.2. The maximum Gasteiger partial charge on any atom is 0.458 e. The number of carbonyl (C=O) groups is 1. The molecular formula is C20H28BClO4S2. The van der Waals surface area contributed by atoms with Gasteiger partial charge in [-0.25, -0.2) is 0 Å². The predicted octanol–water partition coefficient (Wildman–Crippen LogP) is 5.82. The van der Waals surface area contributed by atoms with Gasteiger partial charge in [0.15, 0.2) is 5.78 Å². The molecule has 8 heteroatoms. The first kappa shape index (κ1) is 23.7. The van der Waals surface area contributed by atoms with E-state index in [4.69, 9.17) is 37.9 Å². The lowest BCUT2D eigenvalue weighted by atomic mass is 9.81. The summed E-state index contributed by atoms with van der Waals surface area (Å²) in [5.74, 6) is 0.0820. The first-order valence-electron chi connectivity index (χ1n) is 9.52. The van der Waals surface area contributed by atoms with Crippen LogP contribution in [-0.4, -0.2) is 40.3 Å². The van der Waals surface area contributed by atoms with Crippen molar-refractivity contribution in [1.82, 2.24) is 0 Å². The van der Waals surface area contributed by atoms with Crippen LogP contribution in [0.25, 0.3) is 0 Å². The molecule has 1 fully saturated rings. The fraction of sp³-hybridized carbons (Fsp3) is 0.600. The number of thioether (sulfide) groups is 1. The molecule has 1 saturated heterocycles. The second-order valence-electron chi connectivity index (χ2n) is 7.81. The van der Waals surface area contributed by atoms with Gasteiger partial charge < -0.3 is 14.0 Å². The van der Waals surface area contributed by atoms with Crippen molar-refractivity contribution in [2.45, 2.75) is 70.2 Å². The summed E-state index contributed by atoms with van der Waals surface area (Å²) in [6, 6.07) is 6.98. The quantitative estimate of drug-likeness (QED) is 0.287. The molecule has 1 aliphatic rings. The van der Waals surface area contributed by atoms with Crippen molar-refractivity contribution in [3.05, 3.63) is 34.9 Å². The van der Waals surface area contributed by atoms with E-state index < -0.39 is 0 Å². The number of hydrogen-bond donors (Lipinski definition) is 0. The molecule has 0 radical (unpaired) electrons. The van der Waals surface area contributed by atoms with E-state index in [1.807, 2.05) is 34.6 Å². The average Bonchev–Trinajstić information content (AvgIpc) is 2.79. The number of halogens is 1. The van der Waals surface area contributed by atoms with E-state index in [9.17, 15) is 4.79 Å².